The topological polar surface area (TPSA) is 61.4 Å². The van der Waals surface area contributed by atoms with Crippen LogP contribution < -0.4 is 10.6 Å². The van der Waals surface area contributed by atoms with Gasteiger partial charge in [-0.2, -0.15) is 0 Å². The van der Waals surface area contributed by atoms with E-state index >= 15 is 0 Å². The molecule has 0 saturated heterocycles. The highest BCUT2D eigenvalue weighted by molar-refractivity contribution is 5.93. The molecule has 1 saturated carbocycles. The van der Waals surface area contributed by atoms with Gasteiger partial charge in [0, 0.05) is 31.2 Å². The highest BCUT2D eigenvalue weighted by Gasteiger charge is 2.25. The van der Waals surface area contributed by atoms with Crippen LogP contribution in [0.15, 0.2) is 67.3 Å². The SMILES string of the molecule is C=CCN(Cc1ccccc1)C(=O)NCc1cccc(NC(=O)C2CCC2)c1. The van der Waals surface area contributed by atoms with Crippen molar-refractivity contribution in [1.82, 2.24) is 10.2 Å². The van der Waals surface area contributed by atoms with Gasteiger partial charge in [-0.25, -0.2) is 4.79 Å². The zero-order chi connectivity index (χ0) is 19.8. The second-order valence-corrected chi connectivity index (χ2v) is 7.13. The van der Waals surface area contributed by atoms with E-state index in [-0.39, 0.29) is 17.9 Å². The highest BCUT2D eigenvalue weighted by atomic mass is 16.2. The van der Waals surface area contributed by atoms with Gasteiger partial charge in [0.25, 0.3) is 0 Å². The van der Waals surface area contributed by atoms with Crippen LogP contribution in [-0.2, 0) is 17.9 Å². The smallest absolute Gasteiger partial charge is 0.318 e. The molecule has 0 atom stereocenters. The van der Waals surface area contributed by atoms with Crippen LogP contribution in [0.3, 0.4) is 0 Å². The second-order valence-electron chi connectivity index (χ2n) is 7.13. The van der Waals surface area contributed by atoms with Crippen molar-refractivity contribution >= 4 is 17.6 Å². The third-order valence-corrected chi connectivity index (χ3v) is 4.97. The molecular weight excluding hydrogens is 350 g/mol. The molecular formula is C23H27N3O2. The van der Waals surface area contributed by atoms with E-state index in [0.717, 1.165) is 36.1 Å². The van der Waals surface area contributed by atoms with Gasteiger partial charge in [0.2, 0.25) is 5.91 Å². The summed E-state index contributed by atoms with van der Waals surface area (Å²) in [6, 6.07) is 17.3. The first kappa shape index (κ1) is 19.7. The van der Waals surface area contributed by atoms with Gasteiger partial charge in [-0.1, -0.05) is 55.0 Å². The molecule has 3 rings (SSSR count). The van der Waals surface area contributed by atoms with Crippen molar-refractivity contribution in [2.24, 2.45) is 5.92 Å². The summed E-state index contributed by atoms with van der Waals surface area (Å²) in [5.41, 5.74) is 2.79. The number of urea groups is 1. The molecule has 5 heteroatoms. The molecule has 5 nitrogen and oxygen atoms in total. The molecule has 0 radical (unpaired) electrons. The van der Waals surface area contributed by atoms with Crippen molar-refractivity contribution in [1.29, 1.82) is 0 Å². The third kappa shape index (κ3) is 5.46. The zero-order valence-corrected chi connectivity index (χ0v) is 16.1. The minimum atomic E-state index is -0.146. The average Bonchev–Trinajstić information content (AvgIpc) is 2.65. The highest BCUT2D eigenvalue weighted by Crippen LogP contribution is 2.27. The number of benzene rings is 2. The molecule has 0 bridgehead atoms. The molecule has 0 aliphatic heterocycles. The summed E-state index contributed by atoms with van der Waals surface area (Å²) in [5.74, 6) is 0.237. The Labute approximate surface area is 166 Å². The van der Waals surface area contributed by atoms with Crippen LogP contribution in [0, 0.1) is 5.92 Å². The van der Waals surface area contributed by atoms with E-state index in [2.05, 4.69) is 17.2 Å². The number of nitrogens with one attached hydrogen (secondary N) is 2. The first-order valence-corrected chi connectivity index (χ1v) is 9.73. The number of carbonyl (C=O) groups excluding carboxylic acids is 2. The van der Waals surface area contributed by atoms with E-state index < -0.39 is 0 Å². The fraction of sp³-hybridized carbons (Fsp3) is 0.304. The minimum absolute atomic E-state index is 0.0902. The Morgan fingerprint density at radius 2 is 1.82 bits per heavy atom. The van der Waals surface area contributed by atoms with Gasteiger partial charge in [0.1, 0.15) is 0 Å². The van der Waals surface area contributed by atoms with E-state index in [9.17, 15) is 9.59 Å². The molecule has 2 aromatic carbocycles. The third-order valence-electron chi connectivity index (χ3n) is 4.97. The lowest BCUT2D eigenvalue weighted by Crippen LogP contribution is -2.39. The number of rotatable bonds is 8. The van der Waals surface area contributed by atoms with E-state index in [1.54, 1.807) is 11.0 Å². The number of hydrogen-bond acceptors (Lipinski definition) is 2. The summed E-state index contributed by atoms with van der Waals surface area (Å²) in [5, 5.41) is 5.93. The maximum Gasteiger partial charge on any atom is 0.318 e. The first-order valence-electron chi connectivity index (χ1n) is 9.73. The maximum absolute atomic E-state index is 12.6. The molecule has 0 unspecified atom stereocenters. The van der Waals surface area contributed by atoms with Gasteiger partial charge >= 0.3 is 6.03 Å². The molecule has 146 valence electrons. The van der Waals surface area contributed by atoms with E-state index in [0.29, 0.717) is 19.6 Å². The summed E-state index contributed by atoms with van der Waals surface area (Å²) >= 11 is 0. The Morgan fingerprint density at radius 3 is 2.50 bits per heavy atom. The number of carbonyl (C=O) groups is 2. The summed E-state index contributed by atoms with van der Waals surface area (Å²) in [6.07, 6.45) is 4.80. The quantitative estimate of drug-likeness (QED) is 0.673. The Hall–Kier alpha value is -3.08. The number of nitrogens with zero attached hydrogens (tertiary/aromatic N) is 1. The van der Waals surface area contributed by atoms with Crippen LogP contribution in [0.5, 0.6) is 0 Å². The van der Waals surface area contributed by atoms with Crippen molar-refractivity contribution in [3.8, 4) is 0 Å². The molecule has 0 spiro atoms. The number of amides is 3. The second kappa shape index (κ2) is 9.74. The zero-order valence-electron chi connectivity index (χ0n) is 16.1. The molecule has 1 aliphatic rings. The van der Waals surface area contributed by atoms with Crippen LogP contribution in [0.2, 0.25) is 0 Å². The van der Waals surface area contributed by atoms with E-state index in [4.69, 9.17) is 0 Å². The van der Waals surface area contributed by atoms with Crippen molar-refractivity contribution in [3.63, 3.8) is 0 Å². The van der Waals surface area contributed by atoms with Crippen LogP contribution in [-0.4, -0.2) is 23.4 Å². The first-order chi connectivity index (χ1) is 13.7. The minimum Gasteiger partial charge on any atom is -0.334 e. The largest absolute Gasteiger partial charge is 0.334 e. The molecule has 1 fully saturated rings. The van der Waals surface area contributed by atoms with Crippen LogP contribution in [0.4, 0.5) is 10.5 Å². The van der Waals surface area contributed by atoms with Gasteiger partial charge in [-0.05, 0) is 36.1 Å². The van der Waals surface area contributed by atoms with Gasteiger partial charge in [0.05, 0.1) is 0 Å². The van der Waals surface area contributed by atoms with Crippen molar-refractivity contribution < 1.29 is 9.59 Å². The summed E-state index contributed by atoms with van der Waals surface area (Å²) < 4.78 is 0. The fourth-order valence-electron chi connectivity index (χ4n) is 3.14. The maximum atomic E-state index is 12.6. The Balaban J connectivity index is 1.55. The predicted octanol–water partition coefficient (Wildman–Crippen LogP) is 4.32. The normalized spacial score (nSPS) is 13.3. The summed E-state index contributed by atoms with van der Waals surface area (Å²) in [4.78, 5) is 26.4. The number of hydrogen-bond donors (Lipinski definition) is 2. The monoisotopic (exact) mass is 377 g/mol. The molecule has 2 N–H and O–H groups in total. The molecule has 28 heavy (non-hydrogen) atoms. The average molecular weight is 377 g/mol. The van der Waals surface area contributed by atoms with Crippen molar-refractivity contribution in [2.75, 3.05) is 11.9 Å². The Morgan fingerprint density at radius 1 is 1.07 bits per heavy atom. The lowest BCUT2D eigenvalue weighted by atomic mass is 9.85. The van der Waals surface area contributed by atoms with Gasteiger partial charge in [-0.15, -0.1) is 6.58 Å². The molecule has 1 aliphatic carbocycles. The van der Waals surface area contributed by atoms with Gasteiger partial charge in [0.15, 0.2) is 0 Å². The predicted molar refractivity (Wildman–Crippen MR) is 112 cm³/mol. The van der Waals surface area contributed by atoms with E-state index in [1.165, 1.54) is 0 Å². The van der Waals surface area contributed by atoms with Gasteiger partial charge < -0.3 is 15.5 Å². The van der Waals surface area contributed by atoms with Crippen molar-refractivity contribution in [2.45, 2.75) is 32.4 Å². The Bertz CT molecular complexity index is 816. The molecule has 0 heterocycles. The lowest BCUT2D eigenvalue weighted by molar-refractivity contribution is -0.122. The summed E-state index contributed by atoms with van der Waals surface area (Å²) in [6.45, 7) is 5.14. The standard InChI is InChI=1S/C23H27N3O2/c1-2-14-26(17-18-8-4-3-5-9-18)23(28)24-16-19-10-6-13-21(15-19)25-22(27)20-11-7-12-20/h2-6,8-10,13,15,20H,1,7,11-12,14,16-17H2,(H,24,28)(H,25,27). The molecule has 3 amide bonds. The van der Waals surface area contributed by atoms with Gasteiger partial charge in [-0.3, -0.25) is 4.79 Å². The van der Waals surface area contributed by atoms with Crippen LogP contribution in [0.25, 0.3) is 0 Å². The van der Waals surface area contributed by atoms with Crippen LogP contribution >= 0.6 is 0 Å². The lowest BCUT2D eigenvalue weighted by Gasteiger charge is -2.24. The molecule has 0 aromatic heterocycles. The molecule has 2 aromatic rings. The van der Waals surface area contributed by atoms with Crippen LogP contribution in [0.1, 0.15) is 30.4 Å². The summed E-state index contributed by atoms with van der Waals surface area (Å²) in [7, 11) is 0. The Kier molecular flexibility index (Phi) is 6.84. The van der Waals surface area contributed by atoms with Crippen molar-refractivity contribution in [3.05, 3.63) is 78.4 Å². The number of anilines is 1. The van der Waals surface area contributed by atoms with E-state index in [1.807, 2.05) is 54.6 Å². The fourth-order valence-corrected chi connectivity index (χ4v) is 3.14.